The van der Waals surface area contributed by atoms with Crippen LogP contribution in [-0.2, 0) is 4.79 Å². The molecule has 1 N–H and O–H groups in total. The predicted octanol–water partition coefficient (Wildman–Crippen LogP) is 3.21. The van der Waals surface area contributed by atoms with Gasteiger partial charge in [-0.1, -0.05) is 48.6 Å². The van der Waals surface area contributed by atoms with E-state index in [0.29, 0.717) is 16.2 Å². The standard InChI is InChI=1S/C19H12N2O3S/c22-16-9-5-4-8-13(16)10-14-17(23)20-19-21(18(14)24)15(11-25-19)12-6-2-1-3-7-12/h1-11,23H/b13-10+. The summed E-state index contributed by atoms with van der Waals surface area (Å²) in [5, 5.41) is 12.0. The van der Waals surface area contributed by atoms with E-state index in [4.69, 9.17) is 0 Å². The number of ketones is 1. The van der Waals surface area contributed by atoms with Crippen LogP contribution in [0.1, 0.15) is 5.56 Å². The second-order valence-corrected chi connectivity index (χ2v) is 6.28. The first-order valence-electron chi connectivity index (χ1n) is 7.54. The zero-order valence-electron chi connectivity index (χ0n) is 12.9. The fraction of sp³-hybridized carbons (Fsp3) is 0. The third kappa shape index (κ3) is 2.62. The average Bonchev–Trinajstić information content (AvgIpc) is 3.04. The van der Waals surface area contributed by atoms with Gasteiger partial charge in [-0.2, -0.15) is 4.98 Å². The van der Waals surface area contributed by atoms with Crippen molar-refractivity contribution in [1.82, 2.24) is 9.38 Å². The van der Waals surface area contributed by atoms with Crippen molar-refractivity contribution in [1.29, 1.82) is 0 Å². The maximum atomic E-state index is 13.0. The number of benzene rings is 1. The first-order valence-corrected chi connectivity index (χ1v) is 8.42. The topological polar surface area (TPSA) is 71.7 Å². The molecule has 25 heavy (non-hydrogen) atoms. The van der Waals surface area contributed by atoms with Gasteiger partial charge in [-0.15, -0.1) is 11.3 Å². The molecule has 1 aromatic carbocycles. The molecule has 1 aliphatic rings. The second-order valence-electron chi connectivity index (χ2n) is 5.44. The molecule has 0 atom stereocenters. The summed E-state index contributed by atoms with van der Waals surface area (Å²) in [5.74, 6) is -0.602. The van der Waals surface area contributed by atoms with E-state index in [-0.39, 0.29) is 17.2 Å². The van der Waals surface area contributed by atoms with Gasteiger partial charge in [0.2, 0.25) is 5.88 Å². The summed E-state index contributed by atoms with van der Waals surface area (Å²) in [4.78, 5) is 29.4. The van der Waals surface area contributed by atoms with Crippen LogP contribution < -0.4 is 5.56 Å². The molecule has 2 heterocycles. The van der Waals surface area contributed by atoms with Gasteiger partial charge in [0.15, 0.2) is 10.7 Å². The van der Waals surface area contributed by atoms with Crippen molar-refractivity contribution in [2.45, 2.75) is 0 Å². The summed E-state index contributed by atoms with van der Waals surface area (Å²) in [6, 6.07) is 9.47. The number of allylic oxidation sites excluding steroid dienone is 5. The number of nitrogens with zero attached hydrogens (tertiary/aromatic N) is 2. The van der Waals surface area contributed by atoms with Crippen LogP contribution in [0.25, 0.3) is 22.3 Å². The minimum Gasteiger partial charge on any atom is -0.493 e. The molecule has 0 spiro atoms. The number of rotatable bonds is 2. The number of hydrogen-bond acceptors (Lipinski definition) is 5. The SMILES string of the molecule is O=C1C=CC=C/C1=C\c1c(O)nc2scc(-c3ccccc3)n2c1=O. The Hall–Kier alpha value is -3.25. The van der Waals surface area contributed by atoms with E-state index >= 15 is 0 Å². The van der Waals surface area contributed by atoms with Crippen molar-refractivity contribution in [2.24, 2.45) is 0 Å². The lowest BCUT2D eigenvalue weighted by molar-refractivity contribution is -0.111. The Morgan fingerprint density at radius 1 is 1.08 bits per heavy atom. The molecular formula is C19H12N2O3S. The van der Waals surface area contributed by atoms with Crippen LogP contribution in [0.5, 0.6) is 5.88 Å². The zero-order valence-corrected chi connectivity index (χ0v) is 13.7. The molecule has 0 saturated heterocycles. The highest BCUT2D eigenvalue weighted by Crippen LogP contribution is 2.26. The number of aromatic nitrogens is 2. The highest BCUT2D eigenvalue weighted by molar-refractivity contribution is 7.15. The number of carbonyl (C=O) groups excluding carboxylic acids is 1. The van der Waals surface area contributed by atoms with Gasteiger partial charge < -0.3 is 5.11 Å². The number of thiazole rings is 1. The predicted molar refractivity (Wildman–Crippen MR) is 97.7 cm³/mol. The molecule has 3 aromatic rings. The van der Waals surface area contributed by atoms with Crippen LogP contribution in [0.15, 0.2) is 70.4 Å². The molecule has 0 unspecified atom stereocenters. The summed E-state index contributed by atoms with van der Waals surface area (Å²) >= 11 is 1.27. The minimum atomic E-state index is -0.411. The van der Waals surface area contributed by atoms with Crippen molar-refractivity contribution in [3.8, 4) is 17.1 Å². The van der Waals surface area contributed by atoms with Gasteiger partial charge >= 0.3 is 0 Å². The van der Waals surface area contributed by atoms with Gasteiger partial charge in [0.05, 0.1) is 5.69 Å². The van der Waals surface area contributed by atoms with Gasteiger partial charge in [0.1, 0.15) is 5.56 Å². The Balaban J connectivity index is 1.96. The van der Waals surface area contributed by atoms with Crippen LogP contribution in [0.4, 0.5) is 0 Å². The zero-order chi connectivity index (χ0) is 17.4. The molecule has 1 aliphatic carbocycles. The molecule has 0 amide bonds. The van der Waals surface area contributed by atoms with Crippen molar-refractivity contribution in [2.75, 3.05) is 0 Å². The van der Waals surface area contributed by atoms with Gasteiger partial charge in [-0.25, -0.2) is 0 Å². The maximum absolute atomic E-state index is 13.0. The lowest BCUT2D eigenvalue weighted by Crippen LogP contribution is -2.18. The Morgan fingerprint density at radius 3 is 2.60 bits per heavy atom. The van der Waals surface area contributed by atoms with E-state index in [2.05, 4.69) is 4.98 Å². The van der Waals surface area contributed by atoms with Gasteiger partial charge in [0.25, 0.3) is 5.56 Å². The number of hydrogen-bond donors (Lipinski definition) is 1. The van der Waals surface area contributed by atoms with Gasteiger partial charge in [-0.05, 0) is 17.7 Å². The fourth-order valence-electron chi connectivity index (χ4n) is 2.64. The van der Waals surface area contributed by atoms with Crippen molar-refractivity contribution >= 4 is 28.2 Å². The molecular weight excluding hydrogens is 336 g/mol. The largest absolute Gasteiger partial charge is 0.493 e. The molecule has 0 fully saturated rings. The summed E-state index contributed by atoms with van der Waals surface area (Å²) < 4.78 is 1.46. The van der Waals surface area contributed by atoms with E-state index in [1.165, 1.54) is 27.9 Å². The molecule has 0 saturated carbocycles. The minimum absolute atomic E-state index is 0.00335. The highest BCUT2D eigenvalue weighted by Gasteiger charge is 2.17. The van der Waals surface area contributed by atoms with Gasteiger partial charge in [-0.3, -0.25) is 14.0 Å². The third-order valence-corrected chi connectivity index (χ3v) is 4.70. The monoisotopic (exact) mass is 348 g/mol. The normalized spacial score (nSPS) is 15.4. The molecule has 0 radical (unpaired) electrons. The number of carbonyl (C=O) groups is 1. The third-order valence-electron chi connectivity index (χ3n) is 3.87. The van der Waals surface area contributed by atoms with Gasteiger partial charge in [0, 0.05) is 11.0 Å². The molecule has 4 rings (SSSR count). The maximum Gasteiger partial charge on any atom is 0.270 e. The van der Waals surface area contributed by atoms with E-state index in [9.17, 15) is 14.7 Å². The fourth-order valence-corrected chi connectivity index (χ4v) is 3.53. The molecule has 6 heteroatoms. The molecule has 5 nitrogen and oxygen atoms in total. The van der Waals surface area contributed by atoms with E-state index in [1.54, 1.807) is 18.2 Å². The van der Waals surface area contributed by atoms with Crippen LogP contribution in [-0.4, -0.2) is 20.3 Å². The van der Waals surface area contributed by atoms with Crippen molar-refractivity contribution in [3.63, 3.8) is 0 Å². The van der Waals surface area contributed by atoms with E-state index in [0.717, 1.165) is 5.56 Å². The lowest BCUT2D eigenvalue weighted by atomic mass is 10.0. The Labute approximate surface area is 146 Å². The Kier molecular flexibility index (Phi) is 3.66. The number of fused-ring (bicyclic) bond motifs is 1. The van der Waals surface area contributed by atoms with Crippen LogP contribution in [0, 0.1) is 0 Å². The number of aromatic hydroxyl groups is 1. The van der Waals surface area contributed by atoms with E-state index < -0.39 is 5.56 Å². The Bertz CT molecular complexity index is 1130. The summed E-state index contributed by atoms with van der Waals surface area (Å²) in [5.41, 5.74) is 1.48. The summed E-state index contributed by atoms with van der Waals surface area (Å²) in [6.07, 6.45) is 7.72. The summed E-state index contributed by atoms with van der Waals surface area (Å²) in [7, 11) is 0. The van der Waals surface area contributed by atoms with Crippen LogP contribution in [0.3, 0.4) is 0 Å². The summed E-state index contributed by atoms with van der Waals surface area (Å²) in [6.45, 7) is 0. The molecule has 2 aromatic heterocycles. The molecule has 0 bridgehead atoms. The van der Waals surface area contributed by atoms with Crippen LogP contribution in [0.2, 0.25) is 0 Å². The van der Waals surface area contributed by atoms with Crippen LogP contribution >= 0.6 is 11.3 Å². The average molecular weight is 348 g/mol. The van der Waals surface area contributed by atoms with Crippen molar-refractivity contribution < 1.29 is 9.90 Å². The highest BCUT2D eigenvalue weighted by atomic mass is 32.1. The first kappa shape index (κ1) is 15.3. The smallest absolute Gasteiger partial charge is 0.270 e. The molecule has 122 valence electrons. The quantitative estimate of drug-likeness (QED) is 0.722. The Morgan fingerprint density at radius 2 is 1.84 bits per heavy atom. The van der Waals surface area contributed by atoms with Crippen molar-refractivity contribution in [3.05, 3.63) is 81.5 Å². The lowest BCUT2D eigenvalue weighted by Gasteiger charge is -2.05. The second kappa shape index (κ2) is 5.99. The molecule has 0 aliphatic heterocycles. The van der Waals surface area contributed by atoms with E-state index in [1.807, 2.05) is 35.7 Å². The first-order chi connectivity index (χ1) is 12.1.